The molecular formula is C16H12ClN5O2S. The van der Waals surface area contributed by atoms with Gasteiger partial charge in [-0.2, -0.15) is 5.10 Å². The normalized spacial score (nSPS) is 10.9. The average Bonchev–Trinajstić information content (AvgIpc) is 3.11. The number of thioether (sulfide) groups is 1. The zero-order valence-electron chi connectivity index (χ0n) is 12.8. The van der Waals surface area contributed by atoms with Gasteiger partial charge < -0.3 is 4.42 Å². The molecular weight excluding hydrogens is 362 g/mol. The molecule has 25 heavy (non-hydrogen) atoms. The maximum absolute atomic E-state index is 11.8. The molecule has 3 rings (SSSR count). The molecule has 1 aromatic carbocycles. The number of nitrogens with zero attached hydrogens (tertiary/aromatic N) is 4. The Morgan fingerprint density at radius 2 is 1.96 bits per heavy atom. The van der Waals surface area contributed by atoms with Crippen molar-refractivity contribution >= 4 is 35.5 Å². The molecule has 126 valence electrons. The van der Waals surface area contributed by atoms with Gasteiger partial charge in [-0.3, -0.25) is 9.78 Å². The Balaban J connectivity index is 1.48. The van der Waals surface area contributed by atoms with Gasteiger partial charge in [-0.15, -0.1) is 10.2 Å². The summed E-state index contributed by atoms with van der Waals surface area (Å²) in [5.41, 5.74) is 4.03. The Kier molecular flexibility index (Phi) is 5.76. The number of nitrogens with one attached hydrogen (secondary N) is 1. The van der Waals surface area contributed by atoms with Crippen molar-refractivity contribution in [1.82, 2.24) is 20.6 Å². The van der Waals surface area contributed by atoms with Crippen LogP contribution in [-0.4, -0.2) is 33.1 Å². The number of hydrazone groups is 1. The smallest absolute Gasteiger partial charge is 0.277 e. The van der Waals surface area contributed by atoms with Crippen LogP contribution < -0.4 is 5.43 Å². The molecule has 2 aromatic heterocycles. The van der Waals surface area contributed by atoms with Crippen LogP contribution in [0.2, 0.25) is 5.02 Å². The third-order valence-corrected chi connectivity index (χ3v) is 4.00. The van der Waals surface area contributed by atoms with Crippen molar-refractivity contribution in [3.05, 3.63) is 59.4 Å². The monoisotopic (exact) mass is 373 g/mol. The van der Waals surface area contributed by atoms with E-state index < -0.39 is 0 Å². The molecule has 0 aliphatic carbocycles. The van der Waals surface area contributed by atoms with Crippen LogP contribution in [0.15, 0.2) is 63.5 Å². The highest BCUT2D eigenvalue weighted by Gasteiger charge is 2.10. The fourth-order valence-corrected chi connectivity index (χ4v) is 2.45. The molecule has 0 saturated heterocycles. The van der Waals surface area contributed by atoms with Crippen LogP contribution >= 0.6 is 23.4 Å². The van der Waals surface area contributed by atoms with Gasteiger partial charge >= 0.3 is 0 Å². The van der Waals surface area contributed by atoms with E-state index in [1.165, 1.54) is 6.21 Å². The number of carbonyl (C=O) groups excluding carboxylic acids is 1. The SMILES string of the molecule is O=C(CSc1nnc(-c2ccncc2)o1)N/N=C/c1ccc(Cl)cc1. The van der Waals surface area contributed by atoms with Crippen molar-refractivity contribution in [2.24, 2.45) is 5.10 Å². The van der Waals surface area contributed by atoms with Gasteiger partial charge in [0.25, 0.3) is 11.1 Å². The van der Waals surface area contributed by atoms with Crippen LogP contribution in [0.4, 0.5) is 0 Å². The van der Waals surface area contributed by atoms with Gasteiger partial charge in [0, 0.05) is 23.0 Å². The Labute approximate surface area is 152 Å². The molecule has 0 unspecified atom stereocenters. The quantitative estimate of drug-likeness (QED) is 0.405. The van der Waals surface area contributed by atoms with Crippen molar-refractivity contribution in [3.63, 3.8) is 0 Å². The maximum atomic E-state index is 11.8. The number of hydrogen-bond acceptors (Lipinski definition) is 7. The first kappa shape index (κ1) is 17.1. The first-order valence-corrected chi connectivity index (χ1v) is 8.51. The minimum atomic E-state index is -0.279. The lowest BCUT2D eigenvalue weighted by atomic mass is 10.2. The second kappa shape index (κ2) is 8.41. The topological polar surface area (TPSA) is 93.3 Å². The minimum Gasteiger partial charge on any atom is -0.411 e. The molecule has 0 aliphatic rings. The zero-order chi connectivity index (χ0) is 17.5. The molecule has 1 N–H and O–H groups in total. The van der Waals surface area contributed by atoms with Gasteiger partial charge in [0.05, 0.1) is 12.0 Å². The second-order valence-electron chi connectivity index (χ2n) is 4.74. The molecule has 0 aliphatic heterocycles. The Bertz CT molecular complexity index is 868. The molecule has 0 saturated carbocycles. The summed E-state index contributed by atoms with van der Waals surface area (Å²) < 4.78 is 5.49. The van der Waals surface area contributed by atoms with Crippen LogP contribution in [0.5, 0.6) is 0 Å². The summed E-state index contributed by atoms with van der Waals surface area (Å²) in [4.78, 5) is 15.7. The second-order valence-corrected chi connectivity index (χ2v) is 6.11. The van der Waals surface area contributed by atoms with Crippen molar-refractivity contribution < 1.29 is 9.21 Å². The summed E-state index contributed by atoms with van der Waals surface area (Å²) in [5, 5.41) is 12.7. The molecule has 1 amide bonds. The molecule has 0 spiro atoms. The van der Waals surface area contributed by atoms with Crippen LogP contribution in [0.1, 0.15) is 5.56 Å². The van der Waals surface area contributed by atoms with Crippen molar-refractivity contribution in [2.45, 2.75) is 5.22 Å². The predicted octanol–water partition coefficient (Wildman–Crippen LogP) is 3.03. The summed E-state index contributed by atoms with van der Waals surface area (Å²) in [6.07, 6.45) is 4.81. The molecule has 0 atom stereocenters. The largest absolute Gasteiger partial charge is 0.411 e. The summed E-state index contributed by atoms with van der Waals surface area (Å²) in [6.45, 7) is 0. The number of benzene rings is 1. The van der Waals surface area contributed by atoms with Gasteiger partial charge in [0.1, 0.15) is 0 Å². The van der Waals surface area contributed by atoms with Crippen LogP contribution in [0, 0.1) is 0 Å². The summed E-state index contributed by atoms with van der Waals surface area (Å²) >= 11 is 6.93. The minimum absolute atomic E-state index is 0.107. The fourth-order valence-electron chi connectivity index (χ4n) is 1.77. The summed E-state index contributed by atoms with van der Waals surface area (Å²) in [7, 11) is 0. The number of amides is 1. The standard InChI is InChI=1S/C16H12ClN5O2S/c17-13-3-1-11(2-4-13)9-19-20-14(23)10-25-16-22-21-15(24-16)12-5-7-18-8-6-12/h1-9H,10H2,(H,20,23)/b19-9+. The first-order chi connectivity index (χ1) is 12.2. The lowest BCUT2D eigenvalue weighted by Gasteiger charge is -1.97. The van der Waals surface area contributed by atoms with E-state index in [1.807, 2.05) is 0 Å². The Morgan fingerprint density at radius 1 is 1.20 bits per heavy atom. The molecule has 7 nitrogen and oxygen atoms in total. The van der Waals surface area contributed by atoms with Crippen molar-refractivity contribution in [1.29, 1.82) is 0 Å². The van der Waals surface area contributed by atoms with Crippen molar-refractivity contribution in [3.8, 4) is 11.5 Å². The Morgan fingerprint density at radius 3 is 2.72 bits per heavy atom. The van der Waals surface area contributed by atoms with Gasteiger partial charge in [-0.05, 0) is 29.8 Å². The third kappa shape index (κ3) is 5.13. The molecule has 3 aromatic rings. The van der Waals surface area contributed by atoms with E-state index in [0.717, 1.165) is 22.9 Å². The molecule has 0 radical (unpaired) electrons. The van der Waals surface area contributed by atoms with Gasteiger partial charge in [-0.1, -0.05) is 35.5 Å². The van der Waals surface area contributed by atoms with E-state index in [9.17, 15) is 4.79 Å². The number of aromatic nitrogens is 3. The molecule has 9 heteroatoms. The predicted molar refractivity (Wildman–Crippen MR) is 95.4 cm³/mol. The van der Waals surface area contributed by atoms with E-state index in [0.29, 0.717) is 16.1 Å². The highest BCUT2D eigenvalue weighted by atomic mass is 35.5. The van der Waals surface area contributed by atoms with Crippen LogP contribution in [0.3, 0.4) is 0 Å². The van der Waals surface area contributed by atoms with E-state index in [4.69, 9.17) is 16.0 Å². The lowest BCUT2D eigenvalue weighted by Crippen LogP contribution is -2.19. The molecule has 0 bridgehead atoms. The average molecular weight is 374 g/mol. The number of pyridine rings is 1. The first-order valence-electron chi connectivity index (χ1n) is 7.15. The highest BCUT2D eigenvalue weighted by molar-refractivity contribution is 7.99. The fraction of sp³-hybridized carbons (Fsp3) is 0.0625. The van der Waals surface area contributed by atoms with E-state index >= 15 is 0 Å². The van der Waals surface area contributed by atoms with E-state index in [-0.39, 0.29) is 11.7 Å². The van der Waals surface area contributed by atoms with E-state index in [1.54, 1.807) is 48.8 Å². The zero-order valence-corrected chi connectivity index (χ0v) is 14.4. The summed E-state index contributed by atoms with van der Waals surface area (Å²) in [5.74, 6) is 0.209. The number of hydrogen-bond donors (Lipinski definition) is 1. The van der Waals surface area contributed by atoms with E-state index in [2.05, 4.69) is 25.7 Å². The Hall–Kier alpha value is -2.71. The van der Waals surface area contributed by atoms with Gasteiger partial charge in [-0.25, -0.2) is 5.43 Å². The van der Waals surface area contributed by atoms with Gasteiger partial charge in [0.2, 0.25) is 5.89 Å². The molecule has 2 heterocycles. The van der Waals surface area contributed by atoms with Crippen LogP contribution in [-0.2, 0) is 4.79 Å². The van der Waals surface area contributed by atoms with Crippen molar-refractivity contribution in [2.75, 3.05) is 5.75 Å². The third-order valence-electron chi connectivity index (χ3n) is 2.93. The number of halogens is 1. The summed E-state index contributed by atoms with van der Waals surface area (Å²) in [6, 6.07) is 10.6. The lowest BCUT2D eigenvalue weighted by molar-refractivity contribution is -0.118. The molecule has 0 fully saturated rings. The van der Waals surface area contributed by atoms with Crippen LogP contribution in [0.25, 0.3) is 11.5 Å². The highest BCUT2D eigenvalue weighted by Crippen LogP contribution is 2.22. The number of carbonyl (C=O) groups is 1. The maximum Gasteiger partial charge on any atom is 0.277 e. The van der Waals surface area contributed by atoms with Gasteiger partial charge in [0.15, 0.2) is 0 Å². The number of rotatable bonds is 6.